The van der Waals surface area contributed by atoms with Gasteiger partial charge in [0.2, 0.25) is 0 Å². The smallest absolute Gasteiger partial charge is 0.322 e. The third kappa shape index (κ3) is 3.57. The van der Waals surface area contributed by atoms with Gasteiger partial charge in [-0.25, -0.2) is 0 Å². The maximum atomic E-state index is 13.5. The SMILES string of the molecule is CCc1cc(-c2ccc(Cl)cc2)cc(C)c1C1C(=O)OC2(CCC(OC)CC2)C1=O. The molecule has 1 unspecified atom stereocenters. The summed E-state index contributed by atoms with van der Waals surface area (Å²) in [6.45, 7) is 4.02. The predicted molar refractivity (Wildman–Crippen MR) is 117 cm³/mol. The number of hydrogen-bond donors (Lipinski definition) is 0. The van der Waals surface area contributed by atoms with Crippen molar-refractivity contribution in [1.29, 1.82) is 0 Å². The molecule has 2 fully saturated rings. The van der Waals surface area contributed by atoms with E-state index in [-0.39, 0.29) is 11.9 Å². The van der Waals surface area contributed by atoms with Crippen LogP contribution in [0.4, 0.5) is 0 Å². The van der Waals surface area contributed by atoms with E-state index in [4.69, 9.17) is 21.1 Å². The normalized spacial score (nSPS) is 26.3. The van der Waals surface area contributed by atoms with Crippen molar-refractivity contribution in [3.8, 4) is 11.1 Å². The maximum Gasteiger partial charge on any atom is 0.322 e. The number of carbonyl (C=O) groups excluding carboxylic acids is 2. The van der Waals surface area contributed by atoms with Gasteiger partial charge in [0.1, 0.15) is 5.92 Å². The average Bonchev–Trinajstić information content (AvgIpc) is 2.98. The van der Waals surface area contributed by atoms with Crippen molar-refractivity contribution < 1.29 is 19.1 Å². The van der Waals surface area contributed by atoms with Crippen LogP contribution in [0.2, 0.25) is 5.02 Å². The van der Waals surface area contributed by atoms with E-state index < -0.39 is 17.5 Å². The molecule has 158 valence electrons. The predicted octanol–water partition coefficient (Wildman–Crippen LogP) is 5.42. The fourth-order valence-electron chi connectivity index (χ4n) is 4.95. The van der Waals surface area contributed by atoms with Crippen LogP contribution in [0.1, 0.15) is 55.2 Å². The lowest BCUT2D eigenvalue weighted by atomic mass is 9.75. The Labute approximate surface area is 182 Å². The van der Waals surface area contributed by atoms with Crippen LogP contribution in [-0.4, -0.2) is 30.6 Å². The second-order valence-corrected chi connectivity index (χ2v) is 8.81. The third-order valence-electron chi connectivity index (χ3n) is 6.64. The van der Waals surface area contributed by atoms with Gasteiger partial charge in [0.25, 0.3) is 0 Å². The van der Waals surface area contributed by atoms with E-state index in [1.54, 1.807) is 7.11 Å². The number of methoxy groups -OCH3 is 1. The number of Topliss-reactive ketones (excluding diaryl/α,β-unsaturated/α-hetero) is 1. The van der Waals surface area contributed by atoms with Crippen LogP contribution < -0.4 is 0 Å². The van der Waals surface area contributed by atoms with Gasteiger partial charge in [-0.1, -0.05) is 42.8 Å². The lowest BCUT2D eigenvalue weighted by Crippen LogP contribution is -2.42. The molecular weight excluding hydrogens is 400 g/mol. The second-order valence-electron chi connectivity index (χ2n) is 8.37. The van der Waals surface area contributed by atoms with Gasteiger partial charge in [0.05, 0.1) is 6.10 Å². The first kappa shape index (κ1) is 21.1. The number of ketones is 1. The fourth-order valence-corrected chi connectivity index (χ4v) is 5.07. The van der Waals surface area contributed by atoms with E-state index >= 15 is 0 Å². The largest absolute Gasteiger partial charge is 0.450 e. The Balaban J connectivity index is 1.70. The number of ether oxygens (including phenoxy) is 2. The maximum absolute atomic E-state index is 13.5. The van der Waals surface area contributed by atoms with E-state index in [0.29, 0.717) is 17.9 Å². The number of benzene rings is 2. The lowest BCUT2D eigenvalue weighted by Gasteiger charge is -2.33. The van der Waals surface area contributed by atoms with Crippen LogP contribution in [0.15, 0.2) is 36.4 Å². The number of rotatable bonds is 4. The molecule has 1 atom stereocenters. The molecule has 2 aromatic rings. The van der Waals surface area contributed by atoms with E-state index in [1.807, 2.05) is 44.2 Å². The molecule has 4 rings (SSSR count). The minimum absolute atomic E-state index is 0.0842. The summed E-state index contributed by atoms with van der Waals surface area (Å²) in [7, 11) is 1.69. The van der Waals surface area contributed by atoms with Crippen molar-refractivity contribution >= 4 is 23.4 Å². The van der Waals surface area contributed by atoms with E-state index in [0.717, 1.165) is 47.1 Å². The highest BCUT2D eigenvalue weighted by Crippen LogP contribution is 2.45. The van der Waals surface area contributed by atoms with Gasteiger partial charge >= 0.3 is 5.97 Å². The molecule has 0 bridgehead atoms. The first-order valence-corrected chi connectivity index (χ1v) is 11.0. The topological polar surface area (TPSA) is 52.6 Å². The quantitative estimate of drug-likeness (QED) is 0.484. The first-order valence-electron chi connectivity index (χ1n) is 10.6. The Morgan fingerprint density at radius 2 is 1.77 bits per heavy atom. The summed E-state index contributed by atoms with van der Waals surface area (Å²) in [5.41, 5.74) is 3.90. The highest BCUT2D eigenvalue weighted by atomic mass is 35.5. The molecule has 2 aromatic carbocycles. The minimum atomic E-state index is -0.983. The Morgan fingerprint density at radius 1 is 1.10 bits per heavy atom. The zero-order chi connectivity index (χ0) is 21.5. The molecule has 1 saturated heterocycles. The van der Waals surface area contributed by atoms with Crippen LogP contribution in [0.5, 0.6) is 0 Å². The molecule has 1 aliphatic carbocycles. The molecule has 0 amide bonds. The number of halogens is 1. The number of esters is 1. The highest BCUT2D eigenvalue weighted by molar-refractivity contribution is 6.30. The molecular formula is C25H27ClO4. The van der Waals surface area contributed by atoms with Gasteiger partial charge in [-0.3, -0.25) is 9.59 Å². The summed E-state index contributed by atoms with van der Waals surface area (Å²) in [4.78, 5) is 26.4. The van der Waals surface area contributed by atoms with Gasteiger partial charge in [-0.15, -0.1) is 0 Å². The van der Waals surface area contributed by atoms with E-state index in [9.17, 15) is 9.59 Å². The molecule has 1 heterocycles. The lowest BCUT2D eigenvalue weighted by molar-refractivity contribution is -0.157. The molecule has 1 saturated carbocycles. The van der Waals surface area contributed by atoms with Crippen molar-refractivity contribution in [1.82, 2.24) is 0 Å². The number of carbonyl (C=O) groups is 2. The molecule has 0 radical (unpaired) electrons. The summed E-state index contributed by atoms with van der Waals surface area (Å²) in [6.07, 6.45) is 3.40. The number of aryl methyl sites for hydroxylation is 2. The highest BCUT2D eigenvalue weighted by Gasteiger charge is 2.57. The third-order valence-corrected chi connectivity index (χ3v) is 6.89. The van der Waals surface area contributed by atoms with Crippen LogP contribution >= 0.6 is 11.6 Å². The summed E-state index contributed by atoms with van der Waals surface area (Å²) in [5, 5.41) is 0.690. The average molecular weight is 427 g/mol. The van der Waals surface area contributed by atoms with Crippen molar-refractivity contribution in [2.45, 2.75) is 63.6 Å². The van der Waals surface area contributed by atoms with Crippen LogP contribution in [0.3, 0.4) is 0 Å². The standard InChI is InChI=1S/C25H27ClO4/c1-4-16-14-18(17-5-7-19(26)8-6-17)13-15(2)21(16)22-23(27)25(30-24(22)28)11-9-20(29-3)10-12-25/h5-8,13-14,20,22H,4,9-12H2,1-3H3. The van der Waals surface area contributed by atoms with Crippen LogP contribution in [0, 0.1) is 6.92 Å². The van der Waals surface area contributed by atoms with Gasteiger partial charge in [-0.2, -0.15) is 0 Å². The van der Waals surface area contributed by atoms with E-state index in [2.05, 4.69) is 6.07 Å². The van der Waals surface area contributed by atoms with Gasteiger partial charge in [0.15, 0.2) is 11.4 Å². The molecule has 1 aliphatic heterocycles. The number of hydrogen-bond acceptors (Lipinski definition) is 4. The summed E-state index contributed by atoms with van der Waals surface area (Å²) >= 11 is 6.02. The first-order chi connectivity index (χ1) is 14.4. The Morgan fingerprint density at radius 3 is 2.37 bits per heavy atom. The van der Waals surface area contributed by atoms with Crippen molar-refractivity contribution in [2.75, 3.05) is 7.11 Å². The molecule has 4 nitrogen and oxygen atoms in total. The zero-order valence-electron chi connectivity index (χ0n) is 17.7. The minimum Gasteiger partial charge on any atom is -0.450 e. The van der Waals surface area contributed by atoms with Crippen molar-refractivity contribution in [3.05, 3.63) is 58.1 Å². The summed E-state index contributed by atoms with van der Waals surface area (Å²) in [6, 6.07) is 11.8. The fraction of sp³-hybridized carbons (Fsp3) is 0.440. The van der Waals surface area contributed by atoms with Gasteiger partial charge < -0.3 is 9.47 Å². The zero-order valence-corrected chi connectivity index (χ0v) is 18.4. The Hall–Kier alpha value is -2.17. The Kier molecular flexibility index (Phi) is 5.73. The second kappa shape index (κ2) is 8.16. The molecule has 2 aliphatic rings. The Bertz CT molecular complexity index is 971. The summed E-state index contributed by atoms with van der Waals surface area (Å²) < 4.78 is 11.2. The molecule has 30 heavy (non-hydrogen) atoms. The molecule has 1 spiro atoms. The van der Waals surface area contributed by atoms with Gasteiger partial charge in [-0.05, 0) is 79.0 Å². The van der Waals surface area contributed by atoms with E-state index in [1.165, 1.54) is 0 Å². The van der Waals surface area contributed by atoms with Gasteiger partial charge in [0, 0.05) is 12.1 Å². The molecule has 0 N–H and O–H groups in total. The van der Waals surface area contributed by atoms with Crippen LogP contribution in [-0.2, 0) is 25.5 Å². The monoisotopic (exact) mass is 426 g/mol. The molecule has 5 heteroatoms. The van der Waals surface area contributed by atoms with Crippen molar-refractivity contribution in [3.63, 3.8) is 0 Å². The van der Waals surface area contributed by atoms with Crippen LogP contribution in [0.25, 0.3) is 11.1 Å². The van der Waals surface area contributed by atoms with Crippen molar-refractivity contribution in [2.24, 2.45) is 0 Å². The molecule has 0 aromatic heterocycles. The summed E-state index contributed by atoms with van der Waals surface area (Å²) in [5.74, 6) is -1.33.